The average Bonchev–Trinajstić information content (AvgIpc) is 3.50. The SMILES string of the molecule is Cn1ncc(Br)c1-c1ccc2c(c1)CN([C@H](Cc1cc(F)cc(F)c1)CN1C(=O)c3ccccc3C1=O)C2=O. The molecule has 0 aliphatic carbocycles. The molecule has 10 heteroatoms. The van der Waals surface area contributed by atoms with Crippen LogP contribution in [0.1, 0.15) is 42.2 Å². The Labute approximate surface area is 230 Å². The third-order valence-corrected chi connectivity index (χ3v) is 7.79. The fraction of sp³-hybridized carbons (Fsp3) is 0.172. The third kappa shape index (κ3) is 4.34. The summed E-state index contributed by atoms with van der Waals surface area (Å²) < 4.78 is 30.6. The lowest BCUT2D eigenvalue weighted by molar-refractivity contribution is 0.0527. The van der Waals surface area contributed by atoms with Crippen molar-refractivity contribution in [1.29, 1.82) is 0 Å². The summed E-state index contributed by atoms with van der Waals surface area (Å²) in [6.07, 6.45) is 1.73. The smallest absolute Gasteiger partial charge is 0.261 e. The molecule has 1 aromatic heterocycles. The summed E-state index contributed by atoms with van der Waals surface area (Å²) in [6.45, 7) is 0.0907. The number of aryl methyl sites for hydroxylation is 1. The standard InChI is InChI=1S/C29H21BrF2N4O3/c1-34-26(25(30)13-33-34)17-6-7-22-18(11-17)14-35(27(22)37)21(10-16-8-19(31)12-20(32)9-16)15-36-28(38)23-4-2-3-5-24(23)29(36)39/h2-9,11-13,21H,10,14-15H2,1H3/t21-/m1/s1. The number of benzene rings is 3. The van der Waals surface area contributed by atoms with Gasteiger partial charge < -0.3 is 4.90 Å². The van der Waals surface area contributed by atoms with Gasteiger partial charge in [0.15, 0.2) is 0 Å². The van der Waals surface area contributed by atoms with Gasteiger partial charge in [0.05, 0.1) is 40.1 Å². The molecule has 0 bridgehead atoms. The predicted octanol–water partition coefficient (Wildman–Crippen LogP) is 4.99. The second-order valence-electron chi connectivity index (χ2n) is 9.67. The number of carbonyl (C=O) groups is 3. The van der Waals surface area contributed by atoms with Crippen LogP contribution in [0.4, 0.5) is 8.78 Å². The van der Waals surface area contributed by atoms with Gasteiger partial charge in [0.1, 0.15) is 11.6 Å². The summed E-state index contributed by atoms with van der Waals surface area (Å²) >= 11 is 3.51. The van der Waals surface area contributed by atoms with E-state index in [0.29, 0.717) is 22.3 Å². The van der Waals surface area contributed by atoms with E-state index in [9.17, 15) is 23.2 Å². The van der Waals surface area contributed by atoms with E-state index in [-0.39, 0.29) is 25.4 Å². The zero-order valence-electron chi connectivity index (χ0n) is 20.7. The van der Waals surface area contributed by atoms with E-state index in [4.69, 9.17) is 0 Å². The molecule has 0 saturated heterocycles. The summed E-state index contributed by atoms with van der Waals surface area (Å²) in [7, 11) is 1.82. The topological polar surface area (TPSA) is 75.5 Å². The van der Waals surface area contributed by atoms with Crippen molar-refractivity contribution in [2.45, 2.75) is 19.0 Å². The first-order chi connectivity index (χ1) is 18.7. The van der Waals surface area contributed by atoms with E-state index < -0.39 is 29.5 Å². The van der Waals surface area contributed by atoms with Crippen molar-refractivity contribution in [2.75, 3.05) is 6.54 Å². The monoisotopic (exact) mass is 590 g/mol. The second-order valence-corrected chi connectivity index (χ2v) is 10.5. The minimum Gasteiger partial charge on any atom is -0.329 e. The van der Waals surface area contributed by atoms with Gasteiger partial charge in [0.25, 0.3) is 17.7 Å². The molecule has 3 aromatic carbocycles. The van der Waals surface area contributed by atoms with Crippen molar-refractivity contribution in [3.8, 4) is 11.3 Å². The highest BCUT2D eigenvalue weighted by Gasteiger charge is 2.40. The Kier molecular flexibility index (Phi) is 6.14. The van der Waals surface area contributed by atoms with Crippen LogP contribution in [0.2, 0.25) is 0 Å². The van der Waals surface area contributed by atoms with Gasteiger partial charge >= 0.3 is 0 Å². The van der Waals surface area contributed by atoms with Gasteiger partial charge in [-0.2, -0.15) is 5.10 Å². The minimum atomic E-state index is -0.744. The van der Waals surface area contributed by atoms with Gasteiger partial charge in [-0.3, -0.25) is 24.0 Å². The van der Waals surface area contributed by atoms with E-state index in [0.717, 1.165) is 32.3 Å². The summed E-state index contributed by atoms with van der Waals surface area (Å²) in [4.78, 5) is 42.5. The molecule has 2 aliphatic heterocycles. The molecular formula is C29H21BrF2N4O3. The van der Waals surface area contributed by atoms with E-state index in [1.54, 1.807) is 46.1 Å². The van der Waals surface area contributed by atoms with Gasteiger partial charge in [-0.1, -0.05) is 18.2 Å². The Morgan fingerprint density at radius 3 is 2.18 bits per heavy atom. The molecule has 6 rings (SSSR count). The maximum atomic E-state index is 14.0. The normalized spacial score (nSPS) is 15.2. The van der Waals surface area contributed by atoms with Crippen LogP contribution >= 0.6 is 15.9 Å². The number of aromatic nitrogens is 2. The van der Waals surface area contributed by atoms with Crippen LogP contribution in [-0.2, 0) is 20.0 Å². The van der Waals surface area contributed by atoms with Crippen LogP contribution in [0.5, 0.6) is 0 Å². The molecule has 2 aliphatic rings. The van der Waals surface area contributed by atoms with E-state index >= 15 is 0 Å². The molecule has 7 nitrogen and oxygen atoms in total. The van der Waals surface area contributed by atoms with E-state index in [1.165, 1.54) is 12.1 Å². The molecule has 39 heavy (non-hydrogen) atoms. The van der Waals surface area contributed by atoms with Gasteiger partial charge in [0, 0.05) is 30.8 Å². The molecule has 196 valence electrons. The fourth-order valence-electron chi connectivity index (χ4n) is 5.41. The second kappa shape index (κ2) is 9.53. The van der Waals surface area contributed by atoms with Crippen molar-refractivity contribution in [2.24, 2.45) is 7.05 Å². The van der Waals surface area contributed by atoms with Crippen LogP contribution in [0.25, 0.3) is 11.3 Å². The highest BCUT2D eigenvalue weighted by Crippen LogP contribution is 2.34. The molecule has 3 amide bonds. The first-order valence-corrected chi connectivity index (χ1v) is 13.0. The van der Waals surface area contributed by atoms with E-state index in [2.05, 4.69) is 21.0 Å². The van der Waals surface area contributed by atoms with Gasteiger partial charge in [-0.05, 0) is 69.9 Å². The Bertz CT molecular complexity index is 1610. The van der Waals surface area contributed by atoms with Crippen molar-refractivity contribution >= 4 is 33.7 Å². The van der Waals surface area contributed by atoms with Crippen molar-refractivity contribution in [1.82, 2.24) is 19.6 Å². The average molecular weight is 591 g/mol. The van der Waals surface area contributed by atoms with Crippen molar-refractivity contribution < 1.29 is 23.2 Å². The molecule has 4 aromatic rings. The molecule has 3 heterocycles. The van der Waals surface area contributed by atoms with Crippen LogP contribution < -0.4 is 0 Å². The number of amides is 3. The number of fused-ring (bicyclic) bond motifs is 2. The number of hydrogen-bond acceptors (Lipinski definition) is 4. The Balaban J connectivity index is 1.35. The molecule has 0 N–H and O–H groups in total. The third-order valence-electron chi connectivity index (χ3n) is 7.21. The molecular weight excluding hydrogens is 570 g/mol. The van der Waals surface area contributed by atoms with Crippen molar-refractivity contribution in [3.63, 3.8) is 0 Å². The molecule has 1 atom stereocenters. The summed E-state index contributed by atoms with van der Waals surface area (Å²) in [5, 5.41) is 4.26. The maximum absolute atomic E-state index is 14.0. The van der Waals surface area contributed by atoms with Crippen LogP contribution in [-0.4, -0.2) is 49.9 Å². The highest BCUT2D eigenvalue weighted by molar-refractivity contribution is 9.10. The maximum Gasteiger partial charge on any atom is 0.261 e. The number of rotatable bonds is 6. The number of carbonyl (C=O) groups excluding carboxylic acids is 3. The van der Waals surface area contributed by atoms with E-state index in [1.807, 2.05) is 19.2 Å². The number of hydrogen-bond donors (Lipinski definition) is 0. The number of halogens is 3. The van der Waals surface area contributed by atoms with Gasteiger partial charge in [0.2, 0.25) is 0 Å². The predicted molar refractivity (Wildman–Crippen MR) is 142 cm³/mol. The molecule has 0 unspecified atom stereocenters. The number of nitrogens with zero attached hydrogens (tertiary/aromatic N) is 4. The lowest BCUT2D eigenvalue weighted by Gasteiger charge is -2.31. The minimum absolute atomic E-state index is 0.0436. The first-order valence-electron chi connectivity index (χ1n) is 12.2. The Morgan fingerprint density at radius 1 is 0.897 bits per heavy atom. The zero-order valence-corrected chi connectivity index (χ0v) is 22.3. The first kappa shape index (κ1) is 25.1. The van der Waals surface area contributed by atoms with Crippen LogP contribution in [0.3, 0.4) is 0 Å². The molecule has 0 saturated carbocycles. The lowest BCUT2D eigenvalue weighted by atomic mass is 10.0. The highest BCUT2D eigenvalue weighted by atomic mass is 79.9. The van der Waals surface area contributed by atoms with Crippen LogP contribution in [0.15, 0.2) is 71.3 Å². The number of imide groups is 1. The van der Waals surface area contributed by atoms with Crippen molar-refractivity contribution in [3.05, 3.63) is 111 Å². The van der Waals surface area contributed by atoms with Crippen LogP contribution in [0, 0.1) is 11.6 Å². The summed E-state index contributed by atoms with van der Waals surface area (Å²) in [5.74, 6) is -2.69. The Morgan fingerprint density at radius 2 is 1.56 bits per heavy atom. The molecule has 0 radical (unpaired) electrons. The Hall–Kier alpha value is -4.18. The fourth-order valence-corrected chi connectivity index (χ4v) is 5.99. The largest absolute Gasteiger partial charge is 0.329 e. The quantitative estimate of drug-likeness (QED) is 0.296. The van der Waals surface area contributed by atoms with Gasteiger partial charge in [-0.15, -0.1) is 0 Å². The summed E-state index contributed by atoms with van der Waals surface area (Å²) in [5.41, 5.74) is 3.87. The zero-order chi connectivity index (χ0) is 27.4. The van der Waals surface area contributed by atoms with Gasteiger partial charge in [-0.25, -0.2) is 8.78 Å². The molecule has 0 spiro atoms. The molecule has 0 fully saturated rings. The summed E-state index contributed by atoms with van der Waals surface area (Å²) in [6, 6.07) is 14.5. The lowest BCUT2D eigenvalue weighted by Crippen LogP contribution is -2.47.